The van der Waals surface area contributed by atoms with Crippen molar-refractivity contribution in [3.63, 3.8) is 0 Å². The summed E-state index contributed by atoms with van der Waals surface area (Å²) in [6, 6.07) is 36.8. The Kier molecular flexibility index (Phi) is 9.90. The Hall–Kier alpha value is -5.22. The van der Waals surface area contributed by atoms with Gasteiger partial charge in [-0.2, -0.15) is 0 Å². The fourth-order valence-corrected chi connectivity index (χ4v) is 17.8. The summed E-state index contributed by atoms with van der Waals surface area (Å²) in [6.07, 6.45) is 14.1. The first-order valence-electron chi connectivity index (χ1n) is 29.9. The number of fused-ring (bicyclic) bond motifs is 11. The zero-order valence-corrected chi connectivity index (χ0v) is 49.5. The Balaban J connectivity index is 1.14. The number of hydrogen-bond donors (Lipinski definition) is 0. The minimum atomic E-state index is -0.108. The minimum absolute atomic E-state index is 0.0140. The van der Waals surface area contributed by atoms with Crippen LogP contribution in [0.4, 0.5) is 45.5 Å². The van der Waals surface area contributed by atoms with E-state index in [1.165, 1.54) is 158 Å². The summed E-state index contributed by atoms with van der Waals surface area (Å²) in [6.45, 7) is 40.1. The highest BCUT2D eigenvalue weighted by Gasteiger charge is 2.59. The van der Waals surface area contributed by atoms with Crippen molar-refractivity contribution in [2.45, 2.75) is 220 Å². The van der Waals surface area contributed by atoms with Crippen LogP contribution in [-0.4, -0.2) is 12.3 Å². The SMILES string of the molecule is Cc1cc(C)c2c(c1)C1(C)CCCCC1(C)N2c1cc2c3c(c1)N(c1ccc4c(c1)C(C)(C)CCC4(C)C)c1cc4c(cc1B3c1cc3c(cc1N2c1ccc2c(c1)CC(C)(C)C2)CC(C)(C)C3)C(C)(C)CCC4(C)C. The largest absolute Gasteiger partial charge is 0.334 e. The molecule has 8 aliphatic rings. The normalized spacial score (nSPS) is 25.6. The molecular weight excluding hydrogens is 918 g/mol. The molecule has 1 fully saturated rings. The average Bonchev–Trinajstić information content (AvgIpc) is 4.02. The number of hydrogen-bond acceptors (Lipinski definition) is 3. The predicted molar refractivity (Wildman–Crippen MR) is 326 cm³/mol. The molecule has 0 aromatic heterocycles. The van der Waals surface area contributed by atoms with Crippen molar-refractivity contribution in [2.24, 2.45) is 10.8 Å². The van der Waals surface area contributed by atoms with Gasteiger partial charge in [0.15, 0.2) is 0 Å². The van der Waals surface area contributed by atoms with E-state index in [-0.39, 0.29) is 50.2 Å². The van der Waals surface area contributed by atoms with Crippen LogP contribution in [0.2, 0.25) is 0 Å². The maximum absolute atomic E-state index is 2.91. The van der Waals surface area contributed by atoms with E-state index in [0.717, 1.165) is 25.7 Å². The second-order valence-electron chi connectivity index (χ2n) is 31.0. The smallest absolute Gasteiger partial charge is 0.252 e. The lowest BCUT2D eigenvalue weighted by molar-refractivity contribution is 0.195. The molecule has 3 heterocycles. The lowest BCUT2D eigenvalue weighted by Gasteiger charge is -2.51. The Morgan fingerprint density at radius 3 is 1.54 bits per heavy atom. The van der Waals surface area contributed by atoms with E-state index < -0.39 is 0 Å². The molecule has 4 heteroatoms. The molecule has 0 N–H and O–H groups in total. The van der Waals surface area contributed by atoms with E-state index in [1.807, 2.05) is 0 Å². The Morgan fingerprint density at radius 2 is 0.895 bits per heavy atom. The number of anilines is 8. The summed E-state index contributed by atoms with van der Waals surface area (Å²) in [5.74, 6) is 0. The van der Waals surface area contributed by atoms with Gasteiger partial charge in [-0.05, 0) is 238 Å². The van der Waals surface area contributed by atoms with Gasteiger partial charge >= 0.3 is 0 Å². The molecule has 14 rings (SSSR count). The summed E-state index contributed by atoms with van der Waals surface area (Å²) in [5, 5.41) is 0. The molecule has 0 radical (unpaired) electrons. The van der Waals surface area contributed by atoms with Gasteiger partial charge in [0, 0.05) is 50.9 Å². The first kappa shape index (κ1) is 49.1. The van der Waals surface area contributed by atoms with Gasteiger partial charge in [-0.3, -0.25) is 0 Å². The van der Waals surface area contributed by atoms with Crippen molar-refractivity contribution in [1.82, 2.24) is 0 Å². The fourth-order valence-electron chi connectivity index (χ4n) is 17.8. The van der Waals surface area contributed by atoms with Crippen LogP contribution in [0.15, 0.2) is 84.9 Å². The van der Waals surface area contributed by atoms with Crippen LogP contribution in [0.3, 0.4) is 0 Å². The monoisotopic (exact) mass is 1000 g/mol. The summed E-state index contributed by atoms with van der Waals surface area (Å²) in [4.78, 5) is 8.52. The fraction of sp³-hybridized carbons (Fsp3) is 0.500. The molecule has 6 aromatic carbocycles. The van der Waals surface area contributed by atoms with E-state index in [1.54, 1.807) is 16.7 Å². The van der Waals surface area contributed by atoms with Crippen molar-refractivity contribution in [3.8, 4) is 0 Å². The van der Waals surface area contributed by atoms with Crippen molar-refractivity contribution in [2.75, 3.05) is 14.7 Å². The lowest BCUT2D eigenvalue weighted by atomic mass is 9.33. The highest BCUT2D eigenvalue weighted by molar-refractivity contribution is 7.00. The van der Waals surface area contributed by atoms with Gasteiger partial charge in [0.1, 0.15) is 0 Å². The topological polar surface area (TPSA) is 9.72 Å². The summed E-state index contributed by atoms with van der Waals surface area (Å²) in [5.41, 5.74) is 32.5. The quantitative estimate of drug-likeness (QED) is 0.163. The van der Waals surface area contributed by atoms with E-state index in [4.69, 9.17) is 0 Å². The molecule has 76 heavy (non-hydrogen) atoms. The molecule has 2 atom stereocenters. The van der Waals surface area contributed by atoms with Gasteiger partial charge in [0.25, 0.3) is 6.71 Å². The van der Waals surface area contributed by atoms with Gasteiger partial charge in [-0.15, -0.1) is 0 Å². The molecule has 5 aliphatic carbocycles. The second kappa shape index (κ2) is 15.3. The van der Waals surface area contributed by atoms with Gasteiger partial charge in [-0.1, -0.05) is 145 Å². The van der Waals surface area contributed by atoms with Crippen molar-refractivity contribution >= 4 is 68.6 Å². The molecule has 1 saturated carbocycles. The minimum Gasteiger partial charge on any atom is -0.334 e. The van der Waals surface area contributed by atoms with Gasteiger partial charge < -0.3 is 14.7 Å². The molecule has 0 saturated heterocycles. The molecule has 2 unspecified atom stereocenters. The maximum atomic E-state index is 2.91. The van der Waals surface area contributed by atoms with Crippen LogP contribution in [-0.2, 0) is 52.8 Å². The lowest BCUT2D eigenvalue weighted by Crippen LogP contribution is -2.62. The van der Waals surface area contributed by atoms with Crippen LogP contribution >= 0.6 is 0 Å². The van der Waals surface area contributed by atoms with Gasteiger partial charge in [0.2, 0.25) is 0 Å². The Bertz CT molecular complexity index is 3540. The van der Waals surface area contributed by atoms with E-state index >= 15 is 0 Å². The molecule has 0 spiro atoms. The molecule has 3 nitrogen and oxygen atoms in total. The third-order valence-corrected chi connectivity index (χ3v) is 22.4. The number of rotatable bonds is 3. The van der Waals surface area contributed by atoms with Crippen molar-refractivity contribution < 1.29 is 0 Å². The number of benzene rings is 6. The van der Waals surface area contributed by atoms with Crippen LogP contribution in [0.25, 0.3) is 0 Å². The zero-order valence-electron chi connectivity index (χ0n) is 49.5. The van der Waals surface area contributed by atoms with Gasteiger partial charge in [0.05, 0.1) is 5.54 Å². The van der Waals surface area contributed by atoms with E-state index in [2.05, 4.69) is 210 Å². The van der Waals surface area contributed by atoms with Crippen molar-refractivity contribution in [1.29, 1.82) is 0 Å². The molecule has 0 bridgehead atoms. The van der Waals surface area contributed by atoms with Crippen molar-refractivity contribution in [3.05, 3.63) is 146 Å². The highest BCUT2D eigenvalue weighted by Crippen LogP contribution is 2.63. The first-order valence-corrected chi connectivity index (χ1v) is 29.9. The first-order chi connectivity index (χ1) is 35.6. The summed E-state index contributed by atoms with van der Waals surface area (Å²) < 4.78 is 0. The van der Waals surface area contributed by atoms with E-state index in [9.17, 15) is 0 Å². The predicted octanol–water partition coefficient (Wildman–Crippen LogP) is 17.1. The standard InChI is InChI=1S/C72H86BN3/c1-43-29-44(2)64-56(30-43)71(15)23-17-18-24-72(71,16)76(64)51-35-61-63-62(36-51)75(50-21-22-52-53(34-50)68(9,10)26-25-67(52,7)8)60-38-55-54(69(11,12)27-28-70(55,13)14)37-58(60)73(63)57-32-47-41-66(5,6)42-48(47)33-59(57)74(61)49-20-19-45-39-65(3,4)40-46(45)31-49/h19-22,29-38H,17-18,23-28,39-42H2,1-16H3. The highest BCUT2D eigenvalue weighted by atomic mass is 15.3. The van der Waals surface area contributed by atoms with Crippen LogP contribution in [0, 0.1) is 24.7 Å². The average molecular weight is 1000 g/mol. The maximum Gasteiger partial charge on any atom is 0.252 e. The summed E-state index contributed by atoms with van der Waals surface area (Å²) in [7, 11) is 0. The molecular formula is C72H86BN3. The number of nitrogens with zero attached hydrogens (tertiary/aromatic N) is 3. The second-order valence-corrected chi connectivity index (χ2v) is 31.0. The van der Waals surface area contributed by atoms with Crippen LogP contribution < -0.4 is 31.1 Å². The van der Waals surface area contributed by atoms with E-state index in [0.29, 0.717) is 0 Å². The molecule has 0 amide bonds. The zero-order chi connectivity index (χ0) is 53.4. The number of aryl methyl sites for hydroxylation is 2. The van der Waals surface area contributed by atoms with Crippen LogP contribution in [0.5, 0.6) is 0 Å². The molecule has 3 aliphatic heterocycles. The third kappa shape index (κ3) is 6.73. The molecule has 392 valence electrons. The Morgan fingerprint density at radius 1 is 0.395 bits per heavy atom. The molecule has 6 aromatic rings. The third-order valence-electron chi connectivity index (χ3n) is 22.4. The van der Waals surface area contributed by atoms with Crippen LogP contribution in [0.1, 0.15) is 209 Å². The summed E-state index contributed by atoms with van der Waals surface area (Å²) >= 11 is 0. The Labute approximate surface area is 458 Å². The van der Waals surface area contributed by atoms with Gasteiger partial charge in [-0.25, -0.2) is 0 Å².